The summed E-state index contributed by atoms with van der Waals surface area (Å²) in [5, 5.41) is 4.32. The highest BCUT2D eigenvalue weighted by Gasteiger charge is 2.21. The molecule has 6 nitrogen and oxygen atoms in total. The molecule has 0 aliphatic carbocycles. The molecule has 0 N–H and O–H groups in total. The van der Waals surface area contributed by atoms with Crippen LogP contribution < -0.4 is 0 Å². The van der Waals surface area contributed by atoms with Crippen LogP contribution in [0.2, 0.25) is 0 Å². The third-order valence-corrected chi connectivity index (χ3v) is 2.84. The lowest BCUT2D eigenvalue weighted by atomic mass is 10.2. The SMILES string of the molecule is COC(=O)c1c(C)nn(-c2nc(C)cc(C)n2)c1C. The van der Waals surface area contributed by atoms with E-state index in [1.54, 1.807) is 18.5 Å². The average Bonchev–Trinajstić information content (AvgIpc) is 2.63. The Labute approximate surface area is 111 Å². The van der Waals surface area contributed by atoms with Crippen molar-refractivity contribution in [2.75, 3.05) is 7.11 Å². The predicted molar refractivity (Wildman–Crippen MR) is 69.4 cm³/mol. The summed E-state index contributed by atoms with van der Waals surface area (Å²) in [5.74, 6) is 0.0684. The number of nitrogens with zero attached hydrogens (tertiary/aromatic N) is 4. The van der Waals surface area contributed by atoms with Gasteiger partial charge >= 0.3 is 5.97 Å². The summed E-state index contributed by atoms with van der Waals surface area (Å²) in [4.78, 5) is 20.4. The smallest absolute Gasteiger partial charge is 0.341 e. The van der Waals surface area contributed by atoms with Gasteiger partial charge in [0.2, 0.25) is 0 Å². The number of methoxy groups -OCH3 is 1. The van der Waals surface area contributed by atoms with E-state index in [0.29, 0.717) is 22.9 Å². The lowest BCUT2D eigenvalue weighted by Gasteiger charge is -2.05. The van der Waals surface area contributed by atoms with Crippen molar-refractivity contribution in [3.8, 4) is 5.95 Å². The van der Waals surface area contributed by atoms with E-state index in [1.807, 2.05) is 19.9 Å². The van der Waals surface area contributed by atoms with E-state index in [9.17, 15) is 4.79 Å². The monoisotopic (exact) mass is 260 g/mol. The molecular formula is C13H16N4O2. The second-order valence-electron chi connectivity index (χ2n) is 4.40. The summed E-state index contributed by atoms with van der Waals surface area (Å²) < 4.78 is 6.33. The largest absolute Gasteiger partial charge is 0.465 e. The van der Waals surface area contributed by atoms with E-state index >= 15 is 0 Å². The van der Waals surface area contributed by atoms with Gasteiger partial charge in [0.25, 0.3) is 5.95 Å². The number of aryl methyl sites for hydroxylation is 3. The molecule has 19 heavy (non-hydrogen) atoms. The molecule has 0 unspecified atom stereocenters. The first-order chi connectivity index (χ1) is 8.93. The number of aromatic nitrogens is 4. The van der Waals surface area contributed by atoms with Crippen molar-refractivity contribution in [1.82, 2.24) is 19.7 Å². The molecule has 0 fully saturated rings. The molecule has 6 heteroatoms. The quantitative estimate of drug-likeness (QED) is 0.768. The van der Waals surface area contributed by atoms with Gasteiger partial charge in [0.1, 0.15) is 5.56 Å². The van der Waals surface area contributed by atoms with Crippen molar-refractivity contribution >= 4 is 5.97 Å². The maximum atomic E-state index is 11.7. The van der Waals surface area contributed by atoms with Crippen LogP contribution in [0, 0.1) is 27.7 Å². The zero-order valence-electron chi connectivity index (χ0n) is 11.7. The molecule has 0 bridgehead atoms. The topological polar surface area (TPSA) is 69.9 Å². The lowest BCUT2D eigenvalue weighted by Crippen LogP contribution is -2.08. The van der Waals surface area contributed by atoms with Gasteiger partial charge in [0, 0.05) is 11.4 Å². The van der Waals surface area contributed by atoms with E-state index in [0.717, 1.165) is 11.4 Å². The Bertz CT molecular complexity index is 626. The molecule has 2 aromatic rings. The van der Waals surface area contributed by atoms with Crippen molar-refractivity contribution in [3.05, 3.63) is 34.4 Å². The van der Waals surface area contributed by atoms with Crippen LogP contribution >= 0.6 is 0 Å². The minimum Gasteiger partial charge on any atom is -0.465 e. The number of carbonyl (C=O) groups is 1. The molecular weight excluding hydrogens is 244 g/mol. The first-order valence-corrected chi connectivity index (χ1v) is 5.91. The molecule has 2 aromatic heterocycles. The summed E-state index contributed by atoms with van der Waals surface area (Å²) >= 11 is 0. The first-order valence-electron chi connectivity index (χ1n) is 5.91. The molecule has 0 amide bonds. The Morgan fingerprint density at radius 3 is 2.26 bits per heavy atom. The van der Waals surface area contributed by atoms with Gasteiger partial charge in [-0.2, -0.15) is 5.10 Å². The zero-order valence-corrected chi connectivity index (χ0v) is 11.7. The van der Waals surface area contributed by atoms with E-state index in [1.165, 1.54) is 7.11 Å². The third-order valence-electron chi connectivity index (χ3n) is 2.84. The molecule has 0 aliphatic heterocycles. The number of esters is 1. The Hall–Kier alpha value is -2.24. The maximum absolute atomic E-state index is 11.7. The van der Waals surface area contributed by atoms with Crippen molar-refractivity contribution in [3.63, 3.8) is 0 Å². The van der Waals surface area contributed by atoms with Gasteiger partial charge in [-0.1, -0.05) is 0 Å². The number of carbonyl (C=O) groups excluding carboxylic acids is 1. The first kappa shape index (κ1) is 13.2. The third kappa shape index (κ3) is 2.33. The maximum Gasteiger partial charge on any atom is 0.341 e. The Morgan fingerprint density at radius 2 is 1.74 bits per heavy atom. The van der Waals surface area contributed by atoms with E-state index in [-0.39, 0.29) is 0 Å². The van der Waals surface area contributed by atoms with Gasteiger partial charge in [0.05, 0.1) is 18.5 Å². The molecule has 0 radical (unpaired) electrons. The van der Waals surface area contributed by atoms with Crippen LogP contribution in [-0.4, -0.2) is 32.8 Å². The van der Waals surface area contributed by atoms with Crippen LogP contribution in [0.25, 0.3) is 5.95 Å². The Balaban J connectivity index is 2.61. The van der Waals surface area contributed by atoms with Gasteiger partial charge in [-0.25, -0.2) is 19.4 Å². The standard InChI is InChI=1S/C13H16N4O2/c1-7-6-8(2)15-13(14-7)17-10(4)11(9(3)16-17)12(18)19-5/h6H,1-5H3. The number of hydrogen-bond donors (Lipinski definition) is 0. The molecule has 100 valence electrons. The minimum absolute atomic E-state index is 0.398. The second-order valence-corrected chi connectivity index (χ2v) is 4.40. The fourth-order valence-corrected chi connectivity index (χ4v) is 2.04. The highest BCUT2D eigenvalue weighted by molar-refractivity contribution is 5.91. The highest BCUT2D eigenvalue weighted by Crippen LogP contribution is 2.17. The number of rotatable bonds is 2. The fraction of sp³-hybridized carbons (Fsp3) is 0.385. The van der Waals surface area contributed by atoms with Crippen LogP contribution in [0.5, 0.6) is 0 Å². The molecule has 0 atom stereocenters. The minimum atomic E-state index is -0.398. The predicted octanol–water partition coefficient (Wildman–Crippen LogP) is 1.68. The number of ether oxygens (including phenoxy) is 1. The van der Waals surface area contributed by atoms with Crippen LogP contribution in [0.4, 0.5) is 0 Å². The van der Waals surface area contributed by atoms with Gasteiger partial charge in [0.15, 0.2) is 0 Å². The van der Waals surface area contributed by atoms with E-state index < -0.39 is 5.97 Å². The van der Waals surface area contributed by atoms with Gasteiger partial charge in [-0.3, -0.25) is 0 Å². The summed E-state index contributed by atoms with van der Waals surface area (Å²) in [6.45, 7) is 7.35. The summed E-state index contributed by atoms with van der Waals surface area (Å²) in [6, 6.07) is 1.89. The second kappa shape index (κ2) is 4.79. The highest BCUT2D eigenvalue weighted by atomic mass is 16.5. The van der Waals surface area contributed by atoms with Gasteiger partial charge in [-0.15, -0.1) is 0 Å². The molecule has 0 aromatic carbocycles. The van der Waals surface area contributed by atoms with Crippen molar-refractivity contribution in [2.45, 2.75) is 27.7 Å². The van der Waals surface area contributed by atoms with Crippen molar-refractivity contribution < 1.29 is 9.53 Å². The molecule has 0 saturated heterocycles. The van der Waals surface area contributed by atoms with E-state index in [4.69, 9.17) is 4.74 Å². The van der Waals surface area contributed by atoms with Crippen LogP contribution in [-0.2, 0) is 4.74 Å². The molecule has 0 spiro atoms. The molecule has 2 rings (SSSR count). The van der Waals surface area contributed by atoms with Crippen LogP contribution in [0.3, 0.4) is 0 Å². The fourth-order valence-electron chi connectivity index (χ4n) is 2.04. The van der Waals surface area contributed by atoms with Gasteiger partial charge < -0.3 is 4.74 Å². The Kier molecular flexibility index (Phi) is 3.33. The van der Waals surface area contributed by atoms with Gasteiger partial charge in [-0.05, 0) is 33.8 Å². The summed E-state index contributed by atoms with van der Waals surface area (Å²) in [5.41, 5.74) is 3.45. The average molecular weight is 260 g/mol. The molecule has 0 aliphatic rings. The van der Waals surface area contributed by atoms with Crippen molar-refractivity contribution in [2.24, 2.45) is 0 Å². The van der Waals surface area contributed by atoms with E-state index in [2.05, 4.69) is 15.1 Å². The van der Waals surface area contributed by atoms with Crippen LogP contribution in [0.15, 0.2) is 6.07 Å². The normalized spacial score (nSPS) is 10.6. The number of hydrogen-bond acceptors (Lipinski definition) is 5. The zero-order chi connectivity index (χ0) is 14.2. The molecule has 0 saturated carbocycles. The van der Waals surface area contributed by atoms with Crippen molar-refractivity contribution in [1.29, 1.82) is 0 Å². The lowest BCUT2D eigenvalue weighted by molar-refractivity contribution is 0.0599. The summed E-state index contributed by atoms with van der Waals surface area (Å²) in [7, 11) is 1.35. The summed E-state index contributed by atoms with van der Waals surface area (Å²) in [6.07, 6.45) is 0. The van der Waals surface area contributed by atoms with Crippen LogP contribution in [0.1, 0.15) is 33.1 Å². The molecule has 2 heterocycles. The Morgan fingerprint density at radius 1 is 1.16 bits per heavy atom.